The summed E-state index contributed by atoms with van der Waals surface area (Å²) in [5.74, 6) is 2.54. The number of aryl methyl sites for hydroxylation is 1. The molecule has 1 fully saturated rings. The van der Waals surface area contributed by atoms with Crippen LogP contribution in [0.5, 0.6) is 0 Å². The van der Waals surface area contributed by atoms with Crippen LogP contribution in [0.25, 0.3) is 0 Å². The zero-order chi connectivity index (χ0) is 20.9. The third-order valence-electron chi connectivity index (χ3n) is 4.81. The number of nitriles is 1. The second-order valence-corrected chi connectivity index (χ2v) is 7.83. The minimum Gasteiger partial charge on any atom is -0.353 e. The Balaban J connectivity index is 1.39. The quantitative estimate of drug-likeness (QED) is 0.581. The van der Waals surface area contributed by atoms with Gasteiger partial charge in [-0.15, -0.1) is 11.8 Å². The molecule has 0 atom stereocenters. The summed E-state index contributed by atoms with van der Waals surface area (Å²) in [5.41, 5.74) is 1.23. The highest BCUT2D eigenvalue weighted by Gasteiger charge is 2.24. The number of hydrogen-bond acceptors (Lipinski definition) is 8. The van der Waals surface area contributed by atoms with Crippen molar-refractivity contribution in [3.8, 4) is 6.07 Å². The Kier molecular flexibility index (Phi) is 5.95. The lowest BCUT2D eigenvalue weighted by Crippen LogP contribution is -2.49. The predicted molar refractivity (Wildman–Crippen MR) is 112 cm³/mol. The van der Waals surface area contributed by atoms with Crippen molar-refractivity contribution in [1.29, 1.82) is 5.26 Å². The van der Waals surface area contributed by atoms with E-state index in [-0.39, 0.29) is 5.91 Å². The van der Waals surface area contributed by atoms with Gasteiger partial charge in [0.25, 0.3) is 5.91 Å². The molecular weight excluding hydrogens is 400 g/mol. The molecule has 0 aliphatic carbocycles. The zero-order valence-electron chi connectivity index (χ0n) is 16.5. The molecule has 0 N–H and O–H groups in total. The van der Waals surface area contributed by atoms with Crippen LogP contribution in [0.4, 0.5) is 5.82 Å². The summed E-state index contributed by atoms with van der Waals surface area (Å²) in [5, 5.41) is 12.8. The lowest BCUT2D eigenvalue weighted by atomic mass is 10.1. The number of carbonyl (C=O) groups excluding carboxylic acids is 1. The summed E-state index contributed by atoms with van der Waals surface area (Å²) in [4.78, 5) is 26.6. The van der Waals surface area contributed by atoms with Crippen molar-refractivity contribution >= 4 is 23.5 Å². The van der Waals surface area contributed by atoms with E-state index in [9.17, 15) is 4.79 Å². The van der Waals surface area contributed by atoms with Gasteiger partial charge in [0.1, 0.15) is 11.9 Å². The van der Waals surface area contributed by atoms with Crippen LogP contribution in [0, 0.1) is 18.3 Å². The first-order valence-electron chi connectivity index (χ1n) is 9.55. The third kappa shape index (κ3) is 4.44. The number of aromatic nitrogens is 3. The number of piperazine rings is 1. The van der Waals surface area contributed by atoms with Crippen LogP contribution in [0.1, 0.15) is 27.6 Å². The Morgan fingerprint density at radius 2 is 2.00 bits per heavy atom. The maximum absolute atomic E-state index is 13.2. The number of benzene rings is 1. The SMILES string of the molecule is Cc1nc(CSc2ccccc2C(=O)N2CCN(c3ccc(C#N)cn3)CC2)no1. The van der Waals surface area contributed by atoms with Gasteiger partial charge in [-0.2, -0.15) is 10.2 Å². The van der Waals surface area contributed by atoms with Crippen LogP contribution in [0.15, 0.2) is 52.0 Å². The van der Waals surface area contributed by atoms with Crippen molar-refractivity contribution in [2.45, 2.75) is 17.6 Å². The monoisotopic (exact) mass is 420 g/mol. The van der Waals surface area contributed by atoms with Crippen molar-refractivity contribution < 1.29 is 9.32 Å². The van der Waals surface area contributed by atoms with E-state index in [1.165, 1.54) is 11.8 Å². The Bertz CT molecular complexity index is 1070. The van der Waals surface area contributed by atoms with Crippen LogP contribution in [-0.2, 0) is 5.75 Å². The first-order valence-corrected chi connectivity index (χ1v) is 10.5. The summed E-state index contributed by atoms with van der Waals surface area (Å²) in [6.07, 6.45) is 1.57. The minimum atomic E-state index is 0.0230. The molecule has 3 aromatic rings. The van der Waals surface area contributed by atoms with Crippen LogP contribution in [0.2, 0.25) is 0 Å². The standard InChI is InChI=1S/C21H20N6O2S/c1-15-24-19(25-29-15)14-30-18-5-3-2-4-17(18)21(28)27-10-8-26(9-11-27)20-7-6-16(12-22)13-23-20/h2-7,13H,8-11,14H2,1H3. The Labute approximate surface area is 178 Å². The van der Waals surface area contributed by atoms with Crippen LogP contribution >= 0.6 is 11.8 Å². The molecule has 0 bridgehead atoms. The molecule has 9 heteroatoms. The van der Waals surface area contributed by atoms with Gasteiger partial charge in [-0.05, 0) is 24.3 Å². The van der Waals surface area contributed by atoms with E-state index in [1.54, 1.807) is 19.2 Å². The zero-order valence-corrected chi connectivity index (χ0v) is 17.3. The van der Waals surface area contributed by atoms with Gasteiger partial charge in [0.15, 0.2) is 5.82 Å². The van der Waals surface area contributed by atoms with Gasteiger partial charge in [-0.1, -0.05) is 17.3 Å². The summed E-state index contributed by atoms with van der Waals surface area (Å²) in [6.45, 7) is 4.38. The highest BCUT2D eigenvalue weighted by Crippen LogP contribution is 2.27. The summed E-state index contributed by atoms with van der Waals surface area (Å²) in [6, 6.07) is 13.3. The molecule has 1 aromatic carbocycles. The second kappa shape index (κ2) is 8.97. The predicted octanol–water partition coefficient (Wildman–Crippen LogP) is 2.90. The van der Waals surface area contributed by atoms with E-state index >= 15 is 0 Å². The number of hydrogen-bond donors (Lipinski definition) is 0. The molecule has 1 aliphatic rings. The van der Waals surface area contributed by atoms with Gasteiger partial charge in [0.2, 0.25) is 5.89 Å². The van der Waals surface area contributed by atoms with E-state index in [2.05, 4.69) is 26.1 Å². The largest absolute Gasteiger partial charge is 0.353 e. The van der Waals surface area contributed by atoms with Crippen LogP contribution in [-0.4, -0.2) is 52.1 Å². The molecule has 30 heavy (non-hydrogen) atoms. The second-order valence-electron chi connectivity index (χ2n) is 6.81. The maximum atomic E-state index is 13.2. The molecule has 152 valence electrons. The van der Waals surface area contributed by atoms with Crippen molar-refractivity contribution in [2.75, 3.05) is 31.1 Å². The number of thioether (sulfide) groups is 1. The summed E-state index contributed by atoms with van der Waals surface area (Å²) >= 11 is 1.53. The van der Waals surface area contributed by atoms with Crippen LogP contribution < -0.4 is 4.90 Å². The van der Waals surface area contributed by atoms with Gasteiger partial charge >= 0.3 is 0 Å². The molecule has 0 spiro atoms. The molecule has 0 saturated carbocycles. The third-order valence-corrected chi connectivity index (χ3v) is 5.88. The molecule has 3 heterocycles. The van der Waals surface area contributed by atoms with E-state index < -0.39 is 0 Å². The summed E-state index contributed by atoms with van der Waals surface area (Å²) < 4.78 is 5.01. The number of anilines is 1. The first-order chi connectivity index (χ1) is 14.6. The molecule has 2 aromatic heterocycles. The number of rotatable bonds is 5. The highest BCUT2D eigenvalue weighted by atomic mass is 32.2. The Hall–Kier alpha value is -3.38. The lowest BCUT2D eigenvalue weighted by molar-refractivity contribution is 0.0743. The molecule has 8 nitrogen and oxygen atoms in total. The first kappa shape index (κ1) is 19.9. The molecule has 1 aliphatic heterocycles. The molecule has 4 rings (SSSR count). The lowest BCUT2D eigenvalue weighted by Gasteiger charge is -2.35. The van der Waals surface area contributed by atoms with E-state index in [1.807, 2.05) is 35.2 Å². The van der Waals surface area contributed by atoms with E-state index in [4.69, 9.17) is 9.78 Å². The van der Waals surface area contributed by atoms with E-state index in [0.717, 1.165) is 10.7 Å². The van der Waals surface area contributed by atoms with Gasteiger partial charge in [-0.3, -0.25) is 4.79 Å². The topological polar surface area (TPSA) is 99.2 Å². The van der Waals surface area contributed by atoms with Crippen LogP contribution in [0.3, 0.4) is 0 Å². The van der Waals surface area contributed by atoms with Gasteiger partial charge in [0, 0.05) is 44.2 Å². The van der Waals surface area contributed by atoms with Gasteiger partial charge < -0.3 is 14.3 Å². The Morgan fingerprint density at radius 1 is 1.20 bits per heavy atom. The van der Waals surface area contributed by atoms with Gasteiger partial charge in [0.05, 0.1) is 16.9 Å². The fourth-order valence-corrected chi connectivity index (χ4v) is 4.15. The number of nitrogens with zero attached hydrogens (tertiary/aromatic N) is 6. The smallest absolute Gasteiger partial charge is 0.255 e. The molecule has 0 unspecified atom stereocenters. The van der Waals surface area contributed by atoms with Crippen molar-refractivity contribution in [3.05, 3.63) is 65.4 Å². The fourth-order valence-electron chi connectivity index (χ4n) is 3.26. The maximum Gasteiger partial charge on any atom is 0.255 e. The number of carbonyl (C=O) groups is 1. The average Bonchev–Trinajstić information content (AvgIpc) is 3.22. The summed E-state index contributed by atoms with van der Waals surface area (Å²) in [7, 11) is 0. The fraction of sp³-hybridized carbons (Fsp3) is 0.286. The Morgan fingerprint density at radius 3 is 2.67 bits per heavy atom. The molecule has 0 radical (unpaired) electrons. The van der Waals surface area contributed by atoms with Crippen molar-refractivity contribution in [2.24, 2.45) is 0 Å². The van der Waals surface area contributed by atoms with E-state index in [0.29, 0.717) is 54.8 Å². The number of amides is 1. The highest BCUT2D eigenvalue weighted by molar-refractivity contribution is 7.98. The molecule has 1 amide bonds. The van der Waals surface area contributed by atoms with Crippen molar-refractivity contribution in [1.82, 2.24) is 20.0 Å². The van der Waals surface area contributed by atoms with Gasteiger partial charge in [-0.25, -0.2) is 4.98 Å². The average molecular weight is 420 g/mol. The normalized spacial score (nSPS) is 13.9. The van der Waals surface area contributed by atoms with Crippen molar-refractivity contribution in [3.63, 3.8) is 0 Å². The molecular formula is C21H20N6O2S. The molecule has 1 saturated heterocycles. The number of pyridine rings is 1. The minimum absolute atomic E-state index is 0.0230.